The lowest BCUT2D eigenvalue weighted by atomic mass is 10.1. The molecular weight excluding hydrogens is 314 g/mol. The van der Waals surface area contributed by atoms with Gasteiger partial charge in [0.15, 0.2) is 0 Å². The second-order valence-electron chi connectivity index (χ2n) is 4.02. The van der Waals surface area contributed by atoms with Crippen LogP contribution in [0, 0.1) is 0 Å². The minimum atomic E-state index is 0.0801. The van der Waals surface area contributed by atoms with Crippen LogP contribution in [-0.2, 0) is 4.79 Å². The van der Waals surface area contributed by atoms with Gasteiger partial charge in [0.1, 0.15) is 4.99 Å². The maximum Gasteiger partial charge on any atom is 0.223 e. The van der Waals surface area contributed by atoms with E-state index in [9.17, 15) is 4.79 Å². The SMILES string of the molecule is CN(C)C(=O)CCNc1ccc(Br)cc1C(N)=S. The number of carbonyl (C=O) groups is 1. The summed E-state index contributed by atoms with van der Waals surface area (Å²) in [5.41, 5.74) is 7.28. The Morgan fingerprint density at radius 1 is 1.50 bits per heavy atom. The molecule has 1 aromatic rings. The molecule has 0 aliphatic carbocycles. The normalized spacial score (nSPS) is 9.94. The molecule has 1 amide bonds. The van der Waals surface area contributed by atoms with Crippen LogP contribution < -0.4 is 11.1 Å². The Labute approximate surface area is 121 Å². The fourth-order valence-electron chi connectivity index (χ4n) is 1.40. The highest BCUT2D eigenvalue weighted by Crippen LogP contribution is 2.21. The Balaban J connectivity index is 2.68. The summed E-state index contributed by atoms with van der Waals surface area (Å²) in [4.78, 5) is 13.3. The molecule has 0 radical (unpaired) electrons. The van der Waals surface area contributed by atoms with Crippen molar-refractivity contribution in [3.05, 3.63) is 28.2 Å². The number of thiocarbonyl (C=S) groups is 1. The van der Waals surface area contributed by atoms with Crippen LogP contribution in [0.1, 0.15) is 12.0 Å². The molecular formula is C12H16BrN3OS. The van der Waals surface area contributed by atoms with Crippen molar-refractivity contribution in [2.75, 3.05) is 26.0 Å². The van der Waals surface area contributed by atoms with Crippen molar-refractivity contribution in [1.82, 2.24) is 4.90 Å². The van der Waals surface area contributed by atoms with Gasteiger partial charge in [-0.2, -0.15) is 0 Å². The number of benzene rings is 1. The van der Waals surface area contributed by atoms with Gasteiger partial charge in [-0.1, -0.05) is 28.1 Å². The summed E-state index contributed by atoms with van der Waals surface area (Å²) in [6.45, 7) is 0.550. The van der Waals surface area contributed by atoms with Crippen LogP contribution in [0.25, 0.3) is 0 Å². The first-order valence-corrected chi connectivity index (χ1v) is 6.65. The average Bonchev–Trinajstić information content (AvgIpc) is 2.30. The van der Waals surface area contributed by atoms with E-state index in [0.717, 1.165) is 15.7 Å². The molecule has 0 unspecified atom stereocenters. The summed E-state index contributed by atoms with van der Waals surface area (Å²) in [6, 6.07) is 5.65. The Hall–Kier alpha value is -1.14. The third kappa shape index (κ3) is 4.27. The number of nitrogens with two attached hydrogens (primary N) is 1. The van der Waals surface area contributed by atoms with Crippen LogP contribution >= 0.6 is 28.1 Å². The Bertz CT molecular complexity index is 463. The van der Waals surface area contributed by atoms with E-state index in [1.54, 1.807) is 19.0 Å². The van der Waals surface area contributed by atoms with Gasteiger partial charge >= 0.3 is 0 Å². The van der Waals surface area contributed by atoms with E-state index >= 15 is 0 Å². The zero-order valence-corrected chi connectivity index (χ0v) is 12.8. The van der Waals surface area contributed by atoms with E-state index in [1.165, 1.54) is 0 Å². The third-order valence-corrected chi connectivity index (χ3v) is 3.11. The number of anilines is 1. The molecule has 3 N–H and O–H groups in total. The molecule has 1 aromatic carbocycles. The Kier molecular flexibility index (Phi) is 5.55. The molecule has 0 atom stereocenters. The number of amides is 1. The van der Waals surface area contributed by atoms with Gasteiger partial charge in [-0.15, -0.1) is 0 Å². The standard InChI is InChI=1S/C12H16BrN3OS/c1-16(2)11(17)5-6-15-10-4-3-8(13)7-9(10)12(14)18/h3-4,7,15H,5-6H2,1-2H3,(H2,14,18). The number of nitrogens with one attached hydrogen (secondary N) is 1. The Morgan fingerprint density at radius 3 is 2.72 bits per heavy atom. The first-order chi connectivity index (χ1) is 8.41. The fourth-order valence-corrected chi connectivity index (χ4v) is 1.93. The van der Waals surface area contributed by atoms with Gasteiger partial charge in [0.25, 0.3) is 0 Å². The largest absolute Gasteiger partial charge is 0.389 e. The van der Waals surface area contributed by atoms with Crippen molar-refractivity contribution >= 4 is 44.7 Å². The monoisotopic (exact) mass is 329 g/mol. The second kappa shape index (κ2) is 6.70. The first-order valence-electron chi connectivity index (χ1n) is 5.45. The van der Waals surface area contributed by atoms with Gasteiger partial charge < -0.3 is 16.0 Å². The molecule has 0 saturated carbocycles. The molecule has 0 aliphatic rings. The maximum absolute atomic E-state index is 11.4. The van der Waals surface area contributed by atoms with Gasteiger partial charge in [-0.3, -0.25) is 4.79 Å². The van der Waals surface area contributed by atoms with Gasteiger partial charge in [0, 0.05) is 42.8 Å². The summed E-state index contributed by atoms with van der Waals surface area (Å²) in [5.74, 6) is 0.0801. The van der Waals surface area contributed by atoms with Gasteiger partial charge in [-0.25, -0.2) is 0 Å². The topological polar surface area (TPSA) is 58.4 Å². The fraction of sp³-hybridized carbons (Fsp3) is 0.333. The predicted octanol–water partition coefficient (Wildman–Crippen LogP) is 1.97. The number of hydrogen-bond acceptors (Lipinski definition) is 3. The van der Waals surface area contributed by atoms with Crippen molar-refractivity contribution in [3.8, 4) is 0 Å². The van der Waals surface area contributed by atoms with E-state index in [4.69, 9.17) is 18.0 Å². The van der Waals surface area contributed by atoms with Crippen LogP contribution in [0.4, 0.5) is 5.69 Å². The van der Waals surface area contributed by atoms with Crippen LogP contribution in [0.2, 0.25) is 0 Å². The molecule has 18 heavy (non-hydrogen) atoms. The van der Waals surface area contributed by atoms with Crippen molar-refractivity contribution in [3.63, 3.8) is 0 Å². The number of nitrogens with zero attached hydrogens (tertiary/aromatic N) is 1. The average molecular weight is 330 g/mol. The van der Waals surface area contributed by atoms with Crippen molar-refractivity contribution in [2.45, 2.75) is 6.42 Å². The van der Waals surface area contributed by atoms with E-state index in [0.29, 0.717) is 18.0 Å². The molecule has 1 rings (SSSR count). The molecule has 0 heterocycles. The highest BCUT2D eigenvalue weighted by Gasteiger charge is 2.07. The first kappa shape index (κ1) is 14.9. The minimum absolute atomic E-state index is 0.0801. The van der Waals surface area contributed by atoms with E-state index in [-0.39, 0.29) is 5.91 Å². The predicted molar refractivity (Wildman–Crippen MR) is 81.8 cm³/mol. The zero-order valence-electron chi connectivity index (χ0n) is 10.4. The summed E-state index contributed by atoms with van der Waals surface area (Å²) >= 11 is 8.37. The molecule has 0 aliphatic heterocycles. The maximum atomic E-state index is 11.4. The second-order valence-corrected chi connectivity index (χ2v) is 5.37. The lowest BCUT2D eigenvalue weighted by Gasteiger charge is -2.13. The Morgan fingerprint density at radius 2 is 2.17 bits per heavy atom. The molecule has 6 heteroatoms. The van der Waals surface area contributed by atoms with Crippen molar-refractivity contribution in [1.29, 1.82) is 0 Å². The van der Waals surface area contributed by atoms with E-state index in [2.05, 4.69) is 21.2 Å². The molecule has 0 spiro atoms. The summed E-state index contributed by atoms with van der Waals surface area (Å²) < 4.78 is 0.917. The molecule has 0 bridgehead atoms. The molecule has 98 valence electrons. The van der Waals surface area contributed by atoms with Gasteiger partial charge in [-0.05, 0) is 18.2 Å². The zero-order chi connectivity index (χ0) is 13.7. The van der Waals surface area contributed by atoms with Gasteiger partial charge in [0.05, 0.1) is 0 Å². The van der Waals surface area contributed by atoms with Crippen LogP contribution in [-0.4, -0.2) is 36.4 Å². The lowest BCUT2D eigenvalue weighted by molar-refractivity contribution is -0.128. The third-order valence-electron chi connectivity index (χ3n) is 2.40. The molecule has 0 saturated heterocycles. The van der Waals surface area contributed by atoms with Crippen molar-refractivity contribution in [2.24, 2.45) is 5.73 Å². The smallest absolute Gasteiger partial charge is 0.223 e. The number of rotatable bonds is 5. The number of halogens is 1. The van der Waals surface area contributed by atoms with E-state index < -0.39 is 0 Å². The van der Waals surface area contributed by atoms with Gasteiger partial charge in [0.2, 0.25) is 5.91 Å². The van der Waals surface area contributed by atoms with Crippen LogP contribution in [0.3, 0.4) is 0 Å². The summed E-state index contributed by atoms with van der Waals surface area (Å²) in [5, 5.41) is 3.17. The highest BCUT2D eigenvalue weighted by molar-refractivity contribution is 9.10. The molecule has 4 nitrogen and oxygen atoms in total. The molecule has 0 fully saturated rings. The lowest BCUT2D eigenvalue weighted by Crippen LogP contribution is -2.24. The van der Waals surface area contributed by atoms with E-state index in [1.807, 2.05) is 18.2 Å². The quantitative estimate of drug-likeness (QED) is 0.811. The summed E-state index contributed by atoms with van der Waals surface area (Å²) in [6.07, 6.45) is 0.430. The summed E-state index contributed by atoms with van der Waals surface area (Å²) in [7, 11) is 3.48. The molecule has 0 aromatic heterocycles. The highest BCUT2D eigenvalue weighted by atomic mass is 79.9. The van der Waals surface area contributed by atoms with Crippen LogP contribution in [0.15, 0.2) is 22.7 Å². The number of carbonyl (C=O) groups excluding carboxylic acids is 1. The van der Waals surface area contributed by atoms with Crippen molar-refractivity contribution < 1.29 is 4.79 Å². The van der Waals surface area contributed by atoms with Crippen LogP contribution in [0.5, 0.6) is 0 Å². The number of hydrogen-bond donors (Lipinski definition) is 2. The minimum Gasteiger partial charge on any atom is -0.389 e.